The lowest BCUT2D eigenvalue weighted by atomic mass is 9.80. The van der Waals surface area contributed by atoms with E-state index in [2.05, 4.69) is 34.1 Å². The van der Waals surface area contributed by atoms with Crippen LogP contribution in [-0.2, 0) is 12.8 Å². The monoisotopic (exact) mass is 265 g/mol. The maximum atomic E-state index is 5.78. The van der Waals surface area contributed by atoms with E-state index < -0.39 is 0 Å². The molecule has 2 N–H and O–H groups in total. The van der Waals surface area contributed by atoms with Gasteiger partial charge in [-0.05, 0) is 66.8 Å². The molecule has 0 radical (unpaired) electrons. The summed E-state index contributed by atoms with van der Waals surface area (Å²) < 4.78 is 1.21. The molecule has 1 nitrogen and oxygen atoms in total. The van der Waals surface area contributed by atoms with E-state index in [9.17, 15) is 0 Å². The predicted octanol–water partition coefficient (Wildman–Crippen LogP) is 2.90. The molecule has 1 aromatic carbocycles. The molecule has 0 heterocycles. The molecule has 0 aromatic heterocycles. The second-order valence-corrected chi connectivity index (χ2v) is 6.00. The van der Waals surface area contributed by atoms with Crippen molar-refractivity contribution in [2.75, 3.05) is 6.54 Å². The number of aryl methyl sites for hydroxylation is 1. The quantitative estimate of drug-likeness (QED) is 0.831. The van der Waals surface area contributed by atoms with E-state index in [0.29, 0.717) is 5.41 Å². The highest BCUT2D eigenvalue weighted by Gasteiger charge is 2.53. The van der Waals surface area contributed by atoms with Gasteiger partial charge in [0, 0.05) is 4.47 Å². The van der Waals surface area contributed by atoms with Crippen molar-refractivity contribution in [2.24, 2.45) is 17.1 Å². The zero-order chi connectivity index (χ0) is 10.5. The van der Waals surface area contributed by atoms with Crippen molar-refractivity contribution in [1.29, 1.82) is 0 Å². The number of hydrogen-bond acceptors (Lipinski definition) is 1. The molecule has 2 aliphatic rings. The average Bonchev–Trinajstić information content (AvgIpc) is 2.90. The van der Waals surface area contributed by atoms with E-state index in [1.807, 2.05) is 0 Å². The second-order valence-electron chi connectivity index (χ2n) is 5.09. The molecule has 1 spiro atoms. The molecule has 2 heteroatoms. The Bertz CT molecular complexity index is 402. The van der Waals surface area contributed by atoms with Crippen molar-refractivity contribution in [2.45, 2.75) is 25.7 Å². The Hall–Kier alpha value is -0.340. The van der Waals surface area contributed by atoms with Crippen LogP contribution in [0.4, 0.5) is 0 Å². The van der Waals surface area contributed by atoms with Crippen molar-refractivity contribution in [1.82, 2.24) is 0 Å². The van der Waals surface area contributed by atoms with Gasteiger partial charge in [0.15, 0.2) is 0 Å². The van der Waals surface area contributed by atoms with Crippen molar-refractivity contribution >= 4 is 15.9 Å². The Labute approximate surface area is 99.2 Å². The lowest BCUT2D eigenvalue weighted by Gasteiger charge is -2.25. The molecule has 1 fully saturated rings. The minimum absolute atomic E-state index is 0.586. The standard InChI is InChI=1S/C13H16BrN/c14-12-2-1-9-3-4-13(6-10(9)5-12)7-11(13)8-15/h1-2,5,11H,3-4,6-8,15H2. The number of benzene rings is 1. The highest BCUT2D eigenvalue weighted by molar-refractivity contribution is 9.10. The molecule has 15 heavy (non-hydrogen) atoms. The topological polar surface area (TPSA) is 26.0 Å². The summed E-state index contributed by atoms with van der Waals surface area (Å²) in [6, 6.07) is 6.72. The van der Waals surface area contributed by atoms with Gasteiger partial charge >= 0.3 is 0 Å². The van der Waals surface area contributed by atoms with E-state index in [1.165, 1.54) is 30.2 Å². The predicted molar refractivity (Wildman–Crippen MR) is 65.8 cm³/mol. The molecule has 1 saturated carbocycles. The Morgan fingerprint density at radius 2 is 2.27 bits per heavy atom. The molecule has 2 atom stereocenters. The largest absolute Gasteiger partial charge is 0.330 e. The summed E-state index contributed by atoms with van der Waals surface area (Å²) >= 11 is 3.56. The smallest absolute Gasteiger partial charge is 0.0178 e. The van der Waals surface area contributed by atoms with Gasteiger partial charge < -0.3 is 5.73 Å². The van der Waals surface area contributed by atoms with Gasteiger partial charge in [0.05, 0.1) is 0 Å². The lowest BCUT2D eigenvalue weighted by molar-refractivity contribution is 0.395. The molecular formula is C13H16BrN. The number of nitrogens with two attached hydrogens (primary N) is 1. The van der Waals surface area contributed by atoms with Crippen LogP contribution in [0.15, 0.2) is 22.7 Å². The summed E-state index contributed by atoms with van der Waals surface area (Å²) in [4.78, 5) is 0. The summed E-state index contributed by atoms with van der Waals surface area (Å²) in [5, 5.41) is 0. The van der Waals surface area contributed by atoms with Gasteiger partial charge in [-0.1, -0.05) is 22.0 Å². The zero-order valence-electron chi connectivity index (χ0n) is 8.80. The third-order valence-corrected chi connectivity index (χ3v) is 4.74. The van der Waals surface area contributed by atoms with Crippen molar-refractivity contribution in [3.8, 4) is 0 Å². The molecule has 3 rings (SSSR count). The van der Waals surface area contributed by atoms with Gasteiger partial charge in [0.25, 0.3) is 0 Å². The Balaban J connectivity index is 1.90. The van der Waals surface area contributed by atoms with Crippen LogP contribution in [0.3, 0.4) is 0 Å². The molecule has 2 aliphatic carbocycles. The van der Waals surface area contributed by atoms with Gasteiger partial charge in [0.1, 0.15) is 0 Å². The minimum atomic E-state index is 0.586. The maximum Gasteiger partial charge on any atom is 0.0178 e. The SMILES string of the molecule is NCC1CC12CCc1ccc(Br)cc1C2. The third-order valence-electron chi connectivity index (χ3n) is 4.25. The molecular weight excluding hydrogens is 250 g/mol. The van der Waals surface area contributed by atoms with E-state index in [0.717, 1.165) is 12.5 Å². The second kappa shape index (κ2) is 3.33. The van der Waals surface area contributed by atoms with Gasteiger partial charge in [-0.15, -0.1) is 0 Å². The number of hydrogen-bond donors (Lipinski definition) is 1. The first-order valence-corrected chi connectivity index (χ1v) is 6.50. The highest BCUT2D eigenvalue weighted by Crippen LogP contribution is 2.59. The van der Waals surface area contributed by atoms with Crippen molar-refractivity contribution < 1.29 is 0 Å². The zero-order valence-corrected chi connectivity index (χ0v) is 10.4. The molecule has 0 bridgehead atoms. The van der Waals surface area contributed by atoms with Crippen LogP contribution >= 0.6 is 15.9 Å². The summed E-state index contributed by atoms with van der Waals surface area (Å²) in [5.74, 6) is 0.796. The van der Waals surface area contributed by atoms with E-state index >= 15 is 0 Å². The van der Waals surface area contributed by atoms with Crippen molar-refractivity contribution in [3.05, 3.63) is 33.8 Å². The fraction of sp³-hybridized carbons (Fsp3) is 0.538. The van der Waals surface area contributed by atoms with Crippen molar-refractivity contribution in [3.63, 3.8) is 0 Å². The highest BCUT2D eigenvalue weighted by atomic mass is 79.9. The maximum absolute atomic E-state index is 5.78. The molecule has 1 aromatic rings. The minimum Gasteiger partial charge on any atom is -0.330 e. The Morgan fingerprint density at radius 3 is 3.00 bits per heavy atom. The van der Waals surface area contributed by atoms with Crippen LogP contribution in [0.25, 0.3) is 0 Å². The Kier molecular flexibility index (Phi) is 2.18. The summed E-state index contributed by atoms with van der Waals surface area (Å²) in [5.41, 5.74) is 9.46. The van der Waals surface area contributed by atoms with E-state index in [-0.39, 0.29) is 0 Å². The number of rotatable bonds is 1. The van der Waals surface area contributed by atoms with Crippen LogP contribution in [0.5, 0.6) is 0 Å². The van der Waals surface area contributed by atoms with Crippen LogP contribution in [0.2, 0.25) is 0 Å². The van der Waals surface area contributed by atoms with Crippen LogP contribution < -0.4 is 5.73 Å². The normalized spacial score (nSPS) is 32.8. The first-order valence-electron chi connectivity index (χ1n) is 5.71. The number of halogens is 1. The van der Waals surface area contributed by atoms with Crippen LogP contribution in [0, 0.1) is 11.3 Å². The van der Waals surface area contributed by atoms with Gasteiger partial charge in [-0.2, -0.15) is 0 Å². The van der Waals surface area contributed by atoms with Gasteiger partial charge in [-0.3, -0.25) is 0 Å². The Morgan fingerprint density at radius 1 is 1.40 bits per heavy atom. The first-order chi connectivity index (χ1) is 7.23. The van der Waals surface area contributed by atoms with E-state index in [1.54, 1.807) is 11.1 Å². The van der Waals surface area contributed by atoms with E-state index in [4.69, 9.17) is 5.73 Å². The third kappa shape index (κ3) is 1.55. The average molecular weight is 266 g/mol. The van der Waals surface area contributed by atoms with Gasteiger partial charge in [-0.25, -0.2) is 0 Å². The molecule has 0 saturated heterocycles. The first kappa shape index (κ1) is 9.86. The molecule has 80 valence electrons. The summed E-state index contributed by atoms with van der Waals surface area (Å²) in [6.07, 6.45) is 5.21. The van der Waals surface area contributed by atoms with Crippen LogP contribution in [-0.4, -0.2) is 6.54 Å². The lowest BCUT2D eigenvalue weighted by Crippen LogP contribution is -2.20. The molecule has 0 aliphatic heterocycles. The number of fused-ring (bicyclic) bond motifs is 1. The fourth-order valence-electron chi connectivity index (χ4n) is 3.14. The molecule has 2 unspecified atom stereocenters. The van der Waals surface area contributed by atoms with Gasteiger partial charge in [0.2, 0.25) is 0 Å². The summed E-state index contributed by atoms with van der Waals surface area (Å²) in [6.45, 7) is 0.878. The molecule has 0 amide bonds. The fourth-order valence-corrected chi connectivity index (χ4v) is 3.55. The van der Waals surface area contributed by atoms with Crippen LogP contribution in [0.1, 0.15) is 24.0 Å². The summed E-state index contributed by atoms with van der Waals surface area (Å²) in [7, 11) is 0.